The molecule has 0 aromatic rings. The third-order valence-electron chi connectivity index (χ3n) is 3.88. The first kappa shape index (κ1) is 11.4. The Morgan fingerprint density at radius 3 is 2.44 bits per heavy atom. The summed E-state index contributed by atoms with van der Waals surface area (Å²) < 4.78 is 0. The van der Waals surface area contributed by atoms with Crippen molar-refractivity contribution in [1.82, 2.24) is 10.6 Å². The number of rotatable bonds is 2. The second-order valence-corrected chi connectivity index (χ2v) is 5.40. The summed E-state index contributed by atoms with van der Waals surface area (Å²) in [7, 11) is 0. The fourth-order valence-corrected chi connectivity index (χ4v) is 2.50. The van der Waals surface area contributed by atoms with E-state index in [0.29, 0.717) is 0 Å². The fraction of sp³-hybridized carbons (Fsp3) is 0.833. The monoisotopic (exact) mass is 224 g/mol. The Morgan fingerprint density at radius 2 is 2.06 bits per heavy atom. The molecule has 90 valence electrons. The summed E-state index contributed by atoms with van der Waals surface area (Å²) in [6.45, 7) is 4.63. The normalized spacial score (nSPS) is 33.4. The Bertz CT molecular complexity index is 304. The molecule has 0 aromatic carbocycles. The smallest absolute Gasteiger partial charge is 0.228 e. The number of nitrogens with one attached hydrogen (secondary N) is 2. The maximum Gasteiger partial charge on any atom is 0.228 e. The van der Waals surface area contributed by atoms with Crippen LogP contribution in [0.15, 0.2) is 0 Å². The number of hydrogen-bond donors (Lipinski definition) is 2. The highest BCUT2D eigenvalue weighted by atomic mass is 16.2. The maximum absolute atomic E-state index is 11.5. The van der Waals surface area contributed by atoms with Crippen LogP contribution < -0.4 is 10.6 Å². The van der Waals surface area contributed by atoms with Crippen molar-refractivity contribution < 1.29 is 9.59 Å². The van der Waals surface area contributed by atoms with Crippen molar-refractivity contribution in [1.29, 1.82) is 0 Å². The molecule has 4 heteroatoms. The summed E-state index contributed by atoms with van der Waals surface area (Å²) in [5.41, 5.74) is -0.0843. The first-order chi connectivity index (χ1) is 7.53. The number of β-lactam (4-membered cyclic amide) rings is 1. The number of amides is 2. The van der Waals surface area contributed by atoms with E-state index in [1.54, 1.807) is 0 Å². The quantitative estimate of drug-likeness (QED) is 0.682. The summed E-state index contributed by atoms with van der Waals surface area (Å²) >= 11 is 0. The van der Waals surface area contributed by atoms with Gasteiger partial charge < -0.3 is 10.6 Å². The van der Waals surface area contributed by atoms with Crippen LogP contribution in [0.5, 0.6) is 0 Å². The lowest BCUT2D eigenvalue weighted by Gasteiger charge is -2.45. The van der Waals surface area contributed by atoms with Crippen LogP contribution in [0, 0.1) is 11.3 Å². The van der Waals surface area contributed by atoms with E-state index in [-0.39, 0.29) is 29.2 Å². The van der Waals surface area contributed by atoms with Crippen molar-refractivity contribution in [2.45, 2.75) is 45.6 Å². The highest BCUT2D eigenvalue weighted by molar-refractivity contribution is 5.88. The number of hydrogen-bond acceptors (Lipinski definition) is 2. The molecule has 16 heavy (non-hydrogen) atoms. The van der Waals surface area contributed by atoms with Crippen LogP contribution in [-0.4, -0.2) is 24.4 Å². The third kappa shape index (κ3) is 1.93. The molecule has 2 N–H and O–H groups in total. The molecule has 1 spiro atoms. The van der Waals surface area contributed by atoms with Crippen LogP contribution in [0.3, 0.4) is 0 Å². The third-order valence-corrected chi connectivity index (χ3v) is 3.88. The van der Waals surface area contributed by atoms with Gasteiger partial charge in [0.05, 0.1) is 5.41 Å². The molecule has 0 aromatic heterocycles. The first-order valence-corrected chi connectivity index (χ1v) is 6.12. The largest absolute Gasteiger partial charge is 0.354 e. The Kier molecular flexibility index (Phi) is 2.91. The lowest BCUT2D eigenvalue weighted by atomic mass is 9.68. The number of carbonyl (C=O) groups is 2. The molecule has 2 rings (SSSR count). The molecule has 2 fully saturated rings. The lowest BCUT2D eigenvalue weighted by Crippen LogP contribution is -2.61. The molecule has 1 aliphatic heterocycles. The summed E-state index contributed by atoms with van der Waals surface area (Å²) in [4.78, 5) is 23.0. The summed E-state index contributed by atoms with van der Waals surface area (Å²) in [5, 5.41) is 5.86. The van der Waals surface area contributed by atoms with Crippen molar-refractivity contribution in [2.24, 2.45) is 11.3 Å². The zero-order chi connectivity index (χ0) is 11.8. The minimum absolute atomic E-state index is 0.0443. The Labute approximate surface area is 96.2 Å². The predicted molar refractivity (Wildman–Crippen MR) is 60.7 cm³/mol. The van der Waals surface area contributed by atoms with E-state index < -0.39 is 0 Å². The first-order valence-electron chi connectivity index (χ1n) is 6.12. The fourth-order valence-electron chi connectivity index (χ4n) is 2.50. The highest BCUT2D eigenvalue weighted by Gasteiger charge is 2.48. The van der Waals surface area contributed by atoms with Crippen molar-refractivity contribution in [2.75, 3.05) is 6.54 Å². The van der Waals surface area contributed by atoms with Crippen LogP contribution in [0.2, 0.25) is 0 Å². The van der Waals surface area contributed by atoms with Gasteiger partial charge in [-0.15, -0.1) is 0 Å². The van der Waals surface area contributed by atoms with Gasteiger partial charge in [-0.25, -0.2) is 0 Å². The molecule has 4 nitrogen and oxygen atoms in total. The van der Waals surface area contributed by atoms with Gasteiger partial charge in [-0.3, -0.25) is 9.59 Å². The van der Waals surface area contributed by atoms with Crippen LogP contribution >= 0.6 is 0 Å². The van der Waals surface area contributed by atoms with Gasteiger partial charge in [-0.05, 0) is 25.7 Å². The van der Waals surface area contributed by atoms with E-state index in [9.17, 15) is 9.59 Å². The average Bonchev–Trinajstić information content (AvgIpc) is 2.28. The zero-order valence-electron chi connectivity index (χ0n) is 10.0. The molecule has 0 bridgehead atoms. The van der Waals surface area contributed by atoms with Gasteiger partial charge in [0.2, 0.25) is 11.8 Å². The molecule has 1 heterocycles. The maximum atomic E-state index is 11.5. The van der Waals surface area contributed by atoms with Crippen molar-refractivity contribution in [3.05, 3.63) is 0 Å². The Hall–Kier alpha value is -1.06. The summed E-state index contributed by atoms with van der Waals surface area (Å²) in [5.74, 6) is 0.378. The zero-order valence-corrected chi connectivity index (χ0v) is 10.0. The van der Waals surface area contributed by atoms with Gasteiger partial charge in [-0.1, -0.05) is 13.8 Å². The van der Waals surface area contributed by atoms with E-state index >= 15 is 0 Å². The molecule has 0 unspecified atom stereocenters. The van der Waals surface area contributed by atoms with Gasteiger partial charge in [-0.2, -0.15) is 0 Å². The van der Waals surface area contributed by atoms with Gasteiger partial charge in [0, 0.05) is 18.5 Å². The van der Waals surface area contributed by atoms with E-state index in [1.807, 2.05) is 13.8 Å². The van der Waals surface area contributed by atoms with Crippen molar-refractivity contribution in [3.8, 4) is 0 Å². The Balaban J connectivity index is 1.81. The molecule has 2 aliphatic rings. The molecular formula is C12H20N2O2. The molecule has 1 saturated heterocycles. The standard InChI is InChI=1S/C12H20N2O2/c1-8(2)10(15)14-9-3-5-12(6-4-9)7-13-11(12)16/h8-9H,3-7H2,1-2H3,(H,13,16)(H,14,15). The van der Waals surface area contributed by atoms with Gasteiger partial charge >= 0.3 is 0 Å². The van der Waals surface area contributed by atoms with E-state index in [0.717, 1.165) is 32.2 Å². The molecule has 2 amide bonds. The van der Waals surface area contributed by atoms with E-state index in [1.165, 1.54) is 0 Å². The predicted octanol–water partition coefficient (Wildman–Crippen LogP) is 0.817. The molecule has 0 radical (unpaired) electrons. The van der Waals surface area contributed by atoms with Gasteiger partial charge in [0.15, 0.2) is 0 Å². The number of carbonyl (C=O) groups excluding carboxylic acids is 2. The van der Waals surface area contributed by atoms with E-state index in [4.69, 9.17) is 0 Å². The second kappa shape index (κ2) is 4.07. The minimum atomic E-state index is -0.0843. The molecule has 0 atom stereocenters. The van der Waals surface area contributed by atoms with E-state index in [2.05, 4.69) is 10.6 Å². The molecular weight excluding hydrogens is 204 g/mol. The van der Waals surface area contributed by atoms with Crippen molar-refractivity contribution >= 4 is 11.8 Å². The van der Waals surface area contributed by atoms with Gasteiger partial charge in [0.1, 0.15) is 0 Å². The molecule has 1 saturated carbocycles. The second-order valence-electron chi connectivity index (χ2n) is 5.40. The van der Waals surface area contributed by atoms with Crippen molar-refractivity contribution in [3.63, 3.8) is 0 Å². The minimum Gasteiger partial charge on any atom is -0.354 e. The van der Waals surface area contributed by atoms with Crippen LogP contribution in [0.1, 0.15) is 39.5 Å². The molecule has 1 aliphatic carbocycles. The van der Waals surface area contributed by atoms with Crippen LogP contribution in [0.25, 0.3) is 0 Å². The SMILES string of the molecule is CC(C)C(=O)NC1CCC2(CC1)CNC2=O. The van der Waals surface area contributed by atoms with Crippen LogP contribution in [0.4, 0.5) is 0 Å². The van der Waals surface area contributed by atoms with Gasteiger partial charge in [0.25, 0.3) is 0 Å². The summed E-state index contributed by atoms with van der Waals surface area (Å²) in [6, 6.07) is 0.272. The Morgan fingerprint density at radius 1 is 1.44 bits per heavy atom. The highest BCUT2D eigenvalue weighted by Crippen LogP contribution is 2.40. The topological polar surface area (TPSA) is 58.2 Å². The summed E-state index contributed by atoms with van der Waals surface area (Å²) in [6.07, 6.45) is 3.71. The van der Waals surface area contributed by atoms with Crippen LogP contribution in [-0.2, 0) is 9.59 Å². The lowest BCUT2D eigenvalue weighted by molar-refractivity contribution is -0.143. The average molecular weight is 224 g/mol.